The lowest BCUT2D eigenvalue weighted by atomic mass is 9.82. The Kier molecular flexibility index (Phi) is 3.20. The van der Waals surface area contributed by atoms with Gasteiger partial charge in [-0.15, -0.1) is 0 Å². The van der Waals surface area contributed by atoms with E-state index in [4.69, 9.17) is 4.74 Å². The predicted octanol–water partition coefficient (Wildman–Crippen LogP) is 3.09. The minimum atomic E-state index is -0.610. The quantitative estimate of drug-likeness (QED) is 0.848. The second-order valence-electron chi connectivity index (χ2n) is 4.65. The Hall–Kier alpha value is -1.02. The van der Waals surface area contributed by atoms with Gasteiger partial charge in [-0.3, -0.25) is 0 Å². The lowest BCUT2D eigenvalue weighted by molar-refractivity contribution is -0.00390. The summed E-state index contributed by atoms with van der Waals surface area (Å²) in [5.41, 5.74) is 0.429. The SMILES string of the molecule is CCC1CCCC1(O)c1ccc(OC)cc1. The number of aliphatic hydroxyl groups is 1. The van der Waals surface area contributed by atoms with Crippen molar-refractivity contribution >= 4 is 0 Å². The van der Waals surface area contributed by atoms with Crippen LogP contribution in [0.1, 0.15) is 38.2 Å². The fourth-order valence-corrected chi connectivity index (χ4v) is 2.86. The molecule has 1 aliphatic rings. The molecule has 2 heteroatoms. The molecule has 1 aromatic rings. The Bertz CT molecular complexity index is 344. The van der Waals surface area contributed by atoms with Crippen LogP contribution < -0.4 is 4.74 Å². The van der Waals surface area contributed by atoms with Gasteiger partial charge in [-0.25, -0.2) is 0 Å². The zero-order valence-electron chi connectivity index (χ0n) is 10.1. The molecule has 1 N–H and O–H groups in total. The molecular formula is C14H20O2. The van der Waals surface area contributed by atoms with Gasteiger partial charge in [0.25, 0.3) is 0 Å². The highest BCUT2D eigenvalue weighted by Crippen LogP contribution is 2.45. The highest BCUT2D eigenvalue weighted by atomic mass is 16.5. The first-order valence-electron chi connectivity index (χ1n) is 6.07. The maximum absolute atomic E-state index is 10.7. The van der Waals surface area contributed by atoms with Gasteiger partial charge in [0.2, 0.25) is 0 Å². The molecule has 1 aliphatic carbocycles. The highest BCUT2D eigenvalue weighted by molar-refractivity contribution is 5.32. The zero-order chi connectivity index (χ0) is 11.6. The Morgan fingerprint density at radius 3 is 2.62 bits per heavy atom. The molecule has 2 atom stereocenters. The summed E-state index contributed by atoms with van der Waals surface area (Å²) in [6.45, 7) is 2.16. The smallest absolute Gasteiger partial charge is 0.118 e. The molecule has 1 aromatic carbocycles. The molecule has 0 bridgehead atoms. The van der Waals surface area contributed by atoms with Crippen LogP contribution in [0.15, 0.2) is 24.3 Å². The van der Waals surface area contributed by atoms with E-state index in [1.807, 2.05) is 24.3 Å². The molecule has 0 aliphatic heterocycles. The number of rotatable bonds is 3. The van der Waals surface area contributed by atoms with Crippen LogP contribution in [0, 0.1) is 5.92 Å². The number of ether oxygens (including phenoxy) is 1. The molecule has 0 aromatic heterocycles. The predicted molar refractivity (Wildman–Crippen MR) is 64.5 cm³/mol. The Balaban J connectivity index is 2.27. The van der Waals surface area contributed by atoms with Crippen LogP contribution in [0.25, 0.3) is 0 Å². The van der Waals surface area contributed by atoms with E-state index in [0.717, 1.165) is 37.0 Å². The number of hydrogen-bond acceptors (Lipinski definition) is 2. The fourth-order valence-electron chi connectivity index (χ4n) is 2.86. The van der Waals surface area contributed by atoms with Crippen LogP contribution in [-0.4, -0.2) is 12.2 Å². The summed E-state index contributed by atoms with van der Waals surface area (Å²) in [5.74, 6) is 1.25. The second-order valence-corrected chi connectivity index (χ2v) is 4.65. The van der Waals surface area contributed by atoms with Crippen LogP contribution in [0.5, 0.6) is 5.75 Å². The minimum Gasteiger partial charge on any atom is -0.497 e. The average molecular weight is 220 g/mol. The maximum Gasteiger partial charge on any atom is 0.118 e. The van der Waals surface area contributed by atoms with Crippen molar-refractivity contribution in [3.8, 4) is 5.75 Å². The summed E-state index contributed by atoms with van der Waals surface area (Å²) < 4.78 is 5.14. The standard InChI is InChI=1S/C14H20O2/c1-3-11-5-4-10-14(11,15)12-6-8-13(16-2)9-7-12/h6-9,11,15H,3-5,10H2,1-2H3. The van der Waals surface area contributed by atoms with Gasteiger partial charge in [-0.05, 0) is 42.9 Å². The molecule has 16 heavy (non-hydrogen) atoms. The topological polar surface area (TPSA) is 29.5 Å². The molecule has 0 saturated heterocycles. The average Bonchev–Trinajstić information content (AvgIpc) is 2.72. The maximum atomic E-state index is 10.7. The van der Waals surface area contributed by atoms with Crippen molar-refractivity contribution < 1.29 is 9.84 Å². The zero-order valence-corrected chi connectivity index (χ0v) is 10.1. The first kappa shape index (κ1) is 11.5. The third-order valence-electron chi connectivity index (χ3n) is 3.87. The molecule has 2 nitrogen and oxygen atoms in total. The molecule has 1 fully saturated rings. The molecule has 0 radical (unpaired) electrons. The first-order valence-corrected chi connectivity index (χ1v) is 6.07. The molecule has 0 heterocycles. The molecule has 2 unspecified atom stereocenters. The van der Waals surface area contributed by atoms with E-state index in [1.54, 1.807) is 7.11 Å². The van der Waals surface area contributed by atoms with Crippen molar-refractivity contribution in [2.24, 2.45) is 5.92 Å². The normalized spacial score (nSPS) is 29.3. The highest BCUT2D eigenvalue weighted by Gasteiger charge is 2.41. The number of benzene rings is 1. The van der Waals surface area contributed by atoms with Crippen molar-refractivity contribution in [3.05, 3.63) is 29.8 Å². The Morgan fingerprint density at radius 1 is 1.38 bits per heavy atom. The van der Waals surface area contributed by atoms with E-state index in [0.29, 0.717) is 5.92 Å². The van der Waals surface area contributed by atoms with E-state index in [2.05, 4.69) is 6.92 Å². The van der Waals surface area contributed by atoms with E-state index in [-0.39, 0.29) is 0 Å². The summed E-state index contributed by atoms with van der Waals surface area (Å²) in [5, 5.41) is 10.7. The fraction of sp³-hybridized carbons (Fsp3) is 0.571. The van der Waals surface area contributed by atoms with Gasteiger partial charge in [-0.1, -0.05) is 25.5 Å². The lowest BCUT2D eigenvalue weighted by Gasteiger charge is -2.30. The molecular weight excluding hydrogens is 200 g/mol. The van der Waals surface area contributed by atoms with Gasteiger partial charge in [0, 0.05) is 0 Å². The minimum absolute atomic E-state index is 0.404. The van der Waals surface area contributed by atoms with Gasteiger partial charge < -0.3 is 9.84 Å². The molecule has 0 amide bonds. The van der Waals surface area contributed by atoms with E-state index in [1.165, 1.54) is 0 Å². The molecule has 88 valence electrons. The van der Waals surface area contributed by atoms with Crippen LogP contribution in [-0.2, 0) is 5.60 Å². The summed E-state index contributed by atoms with van der Waals surface area (Å²) in [6.07, 6.45) is 4.19. The summed E-state index contributed by atoms with van der Waals surface area (Å²) in [6, 6.07) is 7.84. The van der Waals surface area contributed by atoms with Gasteiger partial charge in [0.05, 0.1) is 12.7 Å². The number of hydrogen-bond donors (Lipinski definition) is 1. The van der Waals surface area contributed by atoms with E-state index >= 15 is 0 Å². The van der Waals surface area contributed by atoms with Crippen molar-refractivity contribution in [2.45, 2.75) is 38.2 Å². The molecule has 2 rings (SSSR count). The van der Waals surface area contributed by atoms with E-state index < -0.39 is 5.60 Å². The van der Waals surface area contributed by atoms with Crippen LogP contribution in [0.4, 0.5) is 0 Å². The van der Waals surface area contributed by atoms with Crippen LogP contribution in [0.2, 0.25) is 0 Å². The van der Waals surface area contributed by atoms with Gasteiger partial charge in [-0.2, -0.15) is 0 Å². The third kappa shape index (κ3) is 1.82. The van der Waals surface area contributed by atoms with Crippen molar-refractivity contribution in [1.82, 2.24) is 0 Å². The van der Waals surface area contributed by atoms with Gasteiger partial charge in [0.1, 0.15) is 5.75 Å². The number of methoxy groups -OCH3 is 1. The summed E-state index contributed by atoms with van der Waals surface area (Å²) in [4.78, 5) is 0. The Morgan fingerprint density at radius 2 is 2.06 bits per heavy atom. The third-order valence-corrected chi connectivity index (χ3v) is 3.87. The van der Waals surface area contributed by atoms with Crippen molar-refractivity contribution in [3.63, 3.8) is 0 Å². The molecule has 1 saturated carbocycles. The second kappa shape index (κ2) is 4.46. The Labute approximate surface area is 97.3 Å². The lowest BCUT2D eigenvalue weighted by Crippen LogP contribution is -2.29. The summed E-state index contributed by atoms with van der Waals surface area (Å²) >= 11 is 0. The van der Waals surface area contributed by atoms with Crippen LogP contribution >= 0.6 is 0 Å². The van der Waals surface area contributed by atoms with Crippen molar-refractivity contribution in [2.75, 3.05) is 7.11 Å². The largest absolute Gasteiger partial charge is 0.497 e. The van der Waals surface area contributed by atoms with Gasteiger partial charge >= 0.3 is 0 Å². The molecule has 0 spiro atoms. The van der Waals surface area contributed by atoms with Crippen LogP contribution in [0.3, 0.4) is 0 Å². The van der Waals surface area contributed by atoms with Crippen molar-refractivity contribution in [1.29, 1.82) is 0 Å². The van der Waals surface area contributed by atoms with Gasteiger partial charge in [0.15, 0.2) is 0 Å². The van der Waals surface area contributed by atoms with E-state index in [9.17, 15) is 5.11 Å². The first-order chi connectivity index (χ1) is 7.70. The monoisotopic (exact) mass is 220 g/mol. The summed E-state index contributed by atoms with van der Waals surface area (Å²) in [7, 11) is 1.66.